The molecule has 38 heavy (non-hydrogen) atoms. The van der Waals surface area contributed by atoms with Gasteiger partial charge in [-0.1, -0.05) is 6.07 Å². The van der Waals surface area contributed by atoms with Gasteiger partial charge in [-0.3, -0.25) is 4.79 Å². The number of urea groups is 1. The van der Waals surface area contributed by atoms with E-state index in [1.54, 1.807) is 57.4 Å². The van der Waals surface area contributed by atoms with Crippen LogP contribution in [0.5, 0.6) is 23.0 Å². The third kappa shape index (κ3) is 6.72. The summed E-state index contributed by atoms with van der Waals surface area (Å²) < 4.78 is 26.6. The van der Waals surface area contributed by atoms with Crippen molar-refractivity contribution >= 4 is 24.1 Å². The van der Waals surface area contributed by atoms with E-state index in [9.17, 15) is 14.4 Å². The van der Waals surface area contributed by atoms with Crippen molar-refractivity contribution in [1.29, 1.82) is 0 Å². The molecule has 12 heteroatoms. The molecule has 0 unspecified atom stereocenters. The van der Waals surface area contributed by atoms with Crippen LogP contribution in [0.2, 0.25) is 0 Å². The van der Waals surface area contributed by atoms with Crippen molar-refractivity contribution in [3.63, 3.8) is 0 Å². The Morgan fingerprint density at radius 1 is 1.00 bits per heavy atom. The molecule has 2 aromatic rings. The Labute approximate surface area is 219 Å². The van der Waals surface area contributed by atoms with Crippen LogP contribution in [-0.2, 0) is 14.3 Å². The zero-order chi connectivity index (χ0) is 27.7. The summed E-state index contributed by atoms with van der Waals surface area (Å²) in [4.78, 5) is 36.9. The fourth-order valence-electron chi connectivity index (χ4n) is 3.69. The van der Waals surface area contributed by atoms with Gasteiger partial charge in [0.25, 0.3) is 5.91 Å². The molecule has 0 bridgehead atoms. The van der Waals surface area contributed by atoms with Gasteiger partial charge in [-0.2, -0.15) is 5.10 Å². The van der Waals surface area contributed by atoms with Crippen LogP contribution in [0.4, 0.5) is 4.79 Å². The maximum atomic E-state index is 12.5. The van der Waals surface area contributed by atoms with E-state index in [0.29, 0.717) is 34.1 Å². The number of hydrogen-bond donors (Lipinski definition) is 3. The number of carbonyl (C=O) groups is 3. The normalized spacial score (nSPS) is 14.9. The first kappa shape index (κ1) is 27.8. The van der Waals surface area contributed by atoms with E-state index in [1.807, 2.05) is 0 Å². The minimum absolute atomic E-state index is 0.187. The molecule has 0 spiro atoms. The SMILES string of the molecule is CCOC(=O)C1=C(C)NC(=O)N[C@@H]1c1ccc(OCC(=O)N/N=C\c2ccc(OC)c(OC)c2)c(OC)c1. The van der Waals surface area contributed by atoms with Crippen LogP contribution < -0.4 is 35.0 Å². The average Bonchev–Trinajstić information content (AvgIpc) is 2.91. The largest absolute Gasteiger partial charge is 0.493 e. The zero-order valence-corrected chi connectivity index (χ0v) is 21.7. The quantitative estimate of drug-likeness (QED) is 0.230. The summed E-state index contributed by atoms with van der Waals surface area (Å²) in [7, 11) is 4.50. The van der Waals surface area contributed by atoms with Crippen molar-refractivity contribution in [1.82, 2.24) is 16.1 Å². The second kappa shape index (κ2) is 13.0. The summed E-state index contributed by atoms with van der Waals surface area (Å²) >= 11 is 0. The van der Waals surface area contributed by atoms with Gasteiger partial charge < -0.3 is 34.3 Å². The van der Waals surface area contributed by atoms with Crippen LogP contribution >= 0.6 is 0 Å². The predicted octanol–water partition coefficient (Wildman–Crippen LogP) is 2.43. The summed E-state index contributed by atoms with van der Waals surface area (Å²) in [6.45, 7) is 3.17. The number of ether oxygens (including phenoxy) is 5. The van der Waals surface area contributed by atoms with Gasteiger partial charge in [-0.05, 0) is 55.3 Å². The molecule has 0 aromatic heterocycles. The van der Waals surface area contributed by atoms with Crippen LogP contribution in [0.15, 0.2) is 52.8 Å². The molecule has 1 atom stereocenters. The second-order valence-corrected chi connectivity index (χ2v) is 7.90. The molecule has 1 heterocycles. The molecular formula is C26H30N4O8. The second-order valence-electron chi connectivity index (χ2n) is 7.90. The Morgan fingerprint density at radius 2 is 1.68 bits per heavy atom. The highest BCUT2D eigenvalue weighted by Crippen LogP contribution is 2.34. The van der Waals surface area contributed by atoms with Crippen LogP contribution in [-0.4, -0.2) is 58.7 Å². The van der Waals surface area contributed by atoms with E-state index in [0.717, 1.165) is 0 Å². The molecule has 0 radical (unpaired) electrons. The van der Waals surface area contributed by atoms with E-state index in [2.05, 4.69) is 21.2 Å². The lowest BCUT2D eigenvalue weighted by Crippen LogP contribution is -2.45. The number of hydrogen-bond acceptors (Lipinski definition) is 9. The van der Waals surface area contributed by atoms with Crippen LogP contribution in [0, 0.1) is 0 Å². The van der Waals surface area contributed by atoms with Gasteiger partial charge in [0.05, 0.1) is 45.8 Å². The van der Waals surface area contributed by atoms with Crippen molar-refractivity contribution in [2.75, 3.05) is 34.5 Å². The number of nitrogens with one attached hydrogen (secondary N) is 3. The van der Waals surface area contributed by atoms with Crippen LogP contribution in [0.25, 0.3) is 0 Å². The third-order valence-corrected chi connectivity index (χ3v) is 5.45. The van der Waals surface area contributed by atoms with Crippen molar-refractivity contribution in [3.05, 3.63) is 58.8 Å². The standard InChI is InChI=1S/C26H30N4O8/c1-6-37-25(32)23-15(2)28-26(33)29-24(23)17-8-10-19(21(12-17)36-5)38-14-22(31)30-27-13-16-7-9-18(34-3)20(11-16)35-4/h7-13,24H,6,14H2,1-5H3,(H,30,31)(H2,28,29,33)/b27-13-/t24-/m1/s1. The molecule has 12 nitrogen and oxygen atoms in total. The fraction of sp³-hybridized carbons (Fsp3) is 0.308. The molecule has 3 rings (SSSR count). The minimum Gasteiger partial charge on any atom is -0.493 e. The number of amides is 3. The highest BCUT2D eigenvalue weighted by Gasteiger charge is 2.32. The predicted molar refractivity (Wildman–Crippen MR) is 138 cm³/mol. The Hall–Kier alpha value is -4.74. The van der Waals surface area contributed by atoms with E-state index < -0.39 is 23.9 Å². The lowest BCUT2D eigenvalue weighted by molar-refractivity contribution is -0.139. The fourth-order valence-corrected chi connectivity index (χ4v) is 3.69. The summed E-state index contributed by atoms with van der Waals surface area (Å²) in [6.07, 6.45) is 1.46. The first-order chi connectivity index (χ1) is 18.3. The summed E-state index contributed by atoms with van der Waals surface area (Å²) in [6, 6.07) is 8.84. The molecule has 0 fully saturated rings. The molecule has 202 valence electrons. The van der Waals surface area contributed by atoms with Gasteiger partial charge >= 0.3 is 12.0 Å². The number of carbonyl (C=O) groups excluding carboxylic acids is 3. The molecule has 3 amide bonds. The van der Waals surface area contributed by atoms with Crippen molar-refractivity contribution < 1.29 is 38.1 Å². The van der Waals surface area contributed by atoms with E-state index in [-0.39, 0.29) is 24.5 Å². The number of allylic oxidation sites excluding steroid dienone is 1. The first-order valence-corrected chi connectivity index (χ1v) is 11.6. The number of rotatable bonds is 11. The van der Waals surface area contributed by atoms with Gasteiger partial charge in [0.1, 0.15) is 0 Å². The Balaban J connectivity index is 1.67. The Kier molecular flexibility index (Phi) is 9.52. The van der Waals surface area contributed by atoms with Crippen molar-refractivity contribution in [3.8, 4) is 23.0 Å². The zero-order valence-electron chi connectivity index (χ0n) is 21.7. The van der Waals surface area contributed by atoms with Crippen molar-refractivity contribution in [2.24, 2.45) is 5.10 Å². The van der Waals surface area contributed by atoms with Crippen LogP contribution in [0.3, 0.4) is 0 Å². The molecule has 2 aromatic carbocycles. The smallest absolute Gasteiger partial charge is 0.338 e. The molecule has 1 aliphatic heterocycles. The maximum Gasteiger partial charge on any atom is 0.338 e. The van der Waals surface area contributed by atoms with E-state index in [4.69, 9.17) is 23.7 Å². The molecule has 0 saturated carbocycles. The summed E-state index contributed by atoms with van der Waals surface area (Å²) in [5, 5.41) is 9.24. The topological polar surface area (TPSA) is 146 Å². The van der Waals surface area contributed by atoms with Gasteiger partial charge in [-0.25, -0.2) is 15.0 Å². The number of esters is 1. The number of methoxy groups -OCH3 is 3. The number of nitrogens with zero attached hydrogens (tertiary/aromatic N) is 1. The molecule has 3 N–H and O–H groups in total. The molecule has 0 saturated heterocycles. The molecule has 0 aliphatic carbocycles. The van der Waals surface area contributed by atoms with E-state index in [1.165, 1.54) is 20.4 Å². The number of hydrazone groups is 1. The highest BCUT2D eigenvalue weighted by molar-refractivity contribution is 5.95. The third-order valence-electron chi connectivity index (χ3n) is 5.45. The molecule has 1 aliphatic rings. The monoisotopic (exact) mass is 526 g/mol. The maximum absolute atomic E-state index is 12.5. The Bertz CT molecular complexity index is 1260. The minimum atomic E-state index is -0.764. The lowest BCUT2D eigenvalue weighted by Gasteiger charge is -2.28. The Morgan fingerprint density at radius 3 is 2.37 bits per heavy atom. The van der Waals surface area contributed by atoms with Crippen LogP contribution in [0.1, 0.15) is 31.0 Å². The number of benzene rings is 2. The average molecular weight is 527 g/mol. The lowest BCUT2D eigenvalue weighted by atomic mass is 9.95. The molecular weight excluding hydrogens is 496 g/mol. The summed E-state index contributed by atoms with van der Waals surface area (Å²) in [5.41, 5.74) is 4.31. The van der Waals surface area contributed by atoms with Gasteiger partial charge in [-0.15, -0.1) is 0 Å². The van der Waals surface area contributed by atoms with Crippen molar-refractivity contribution in [2.45, 2.75) is 19.9 Å². The highest BCUT2D eigenvalue weighted by atomic mass is 16.5. The van der Waals surface area contributed by atoms with E-state index >= 15 is 0 Å². The van der Waals surface area contributed by atoms with Gasteiger partial charge in [0.2, 0.25) is 0 Å². The summed E-state index contributed by atoms with van der Waals surface area (Å²) in [5.74, 6) is 0.652. The first-order valence-electron chi connectivity index (χ1n) is 11.6. The van der Waals surface area contributed by atoms with Gasteiger partial charge in [0, 0.05) is 5.70 Å². The van der Waals surface area contributed by atoms with Gasteiger partial charge in [0.15, 0.2) is 29.6 Å².